The van der Waals surface area contributed by atoms with Crippen molar-refractivity contribution in [1.82, 2.24) is 49.8 Å². The number of aromatic nitrogens is 10. The Labute approximate surface area is 437 Å². The molecule has 0 aliphatic heterocycles. The summed E-state index contributed by atoms with van der Waals surface area (Å²) in [5.41, 5.74) is 14.7. The first-order valence-corrected chi connectivity index (χ1v) is 25.5. The van der Waals surface area contributed by atoms with Crippen molar-refractivity contribution in [2.75, 3.05) is 0 Å². The Balaban J connectivity index is 0.838. The molecule has 2 aliphatic carbocycles. The maximum Gasteiger partial charge on any atom is 0.164 e. The fourth-order valence-corrected chi connectivity index (χ4v) is 12.0. The van der Waals surface area contributed by atoms with Gasteiger partial charge in [0, 0.05) is 115 Å². The van der Waals surface area contributed by atoms with Crippen LogP contribution in [0.25, 0.3) is 134 Å². The molecular weight excluding hydrogens is 933 g/mol. The van der Waals surface area contributed by atoms with E-state index in [0.29, 0.717) is 34.9 Å². The molecule has 0 fully saturated rings. The van der Waals surface area contributed by atoms with Gasteiger partial charge in [-0.05, 0) is 115 Å². The molecule has 0 N–H and O–H groups in total. The Morgan fingerprint density at radius 2 is 0.553 bits per heavy atom. The fraction of sp³-hybridized carbons (Fsp3) is 0.0909. The predicted molar refractivity (Wildman–Crippen MR) is 302 cm³/mol. The van der Waals surface area contributed by atoms with Gasteiger partial charge in [0.15, 0.2) is 34.9 Å². The van der Waals surface area contributed by atoms with Crippen LogP contribution in [-0.2, 0) is 10.8 Å². The van der Waals surface area contributed by atoms with Gasteiger partial charge >= 0.3 is 0 Å². The number of hydrogen-bond acceptors (Lipinski definition) is 10. The van der Waals surface area contributed by atoms with E-state index in [1.165, 1.54) is 44.5 Å². The third-order valence-electron chi connectivity index (χ3n) is 16.0. The van der Waals surface area contributed by atoms with Crippen molar-refractivity contribution >= 4 is 43.1 Å². The first-order valence-electron chi connectivity index (χ1n) is 25.5. The monoisotopic (exact) mass is 976 g/mol. The van der Waals surface area contributed by atoms with E-state index in [1.807, 2.05) is 98.1 Å². The van der Waals surface area contributed by atoms with E-state index < -0.39 is 0 Å². The van der Waals surface area contributed by atoms with Crippen molar-refractivity contribution in [3.8, 4) is 90.6 Å². The average molecular weight is 977 g/mol. The molecule has 6 heterocycles. The Hall–Kier alpha value is -9.80. The van der Waals surface area contributed by atoms with Gasteiger partial charge in [0.2, 0.25) is 0 Å². The van der Waals surface area contributed by atoms with E-state index in [2.05, 4.69) is 145 Å². The van der Waals surface area contributed by atoms with Crippen molar-refractivity contribution in [3.05, 3.63) is 217 Å². The lowest BCUT2D eigenvalue weighted by Gasteiger charge is -2.24. The summed E-state index contributed by atoms with van der Waals surface area (Å²) >= 11 is 0. The highest BCUT2D eigenvalue weighted by Crippen LogP contribution is 2.57. The molecule has 76 heavy (non-hydrogen) atoms. The molecule has 0 saturated carbocycles. The van der Waals surface area contributed by atoms with Gasteiger partial charge in [0.25, 0.3) is 0 Å². The number of pyridine rings is 4. The molecule has 0 bridgehead atoms. The van der Waals surface area contributed by atoms with Crippen LogP contribution in [0.5, 0.6) is 0 Å². The molecule has 0 amide bonds. The van der Waals surface area contributed by atoms with E-state index in [9.17, 15) is 0 Å². The molecule has 10 nitrogen and oxygen atoms in total. The van der Waals surface area contributed by atoms with Gasteiger partial charge in [-0.25, -0.2) is 29.9 Å². The lowest BCUT2D eigenvalue weighted by Crippen LogP contribution is -2.17. The Bertz CT molecular complexity index is 4110. The highest BCUT2D eigenvalue weighted by Gasteiger charge is 2.42. The van der Waals surface area contributed by atoms with Crippen LogP contribution < -0.4 is 0 Å². The number of hydrogen-bond donors (Lipinski definition) is 0. The molecule has 2 aliphatic rings. The van der Waals surface area contributed by atoms with Crippen LogP contribution in [0.4, 0.5) is 0 Å². The van der Waals surface area contributed by atoms with Gasteiger partial charge in [-0.15, -0.1) is 0 Å². The van der Waals surface area contributed by atoms with Crippen molar-refractivity contribution in [2.45, 2.75) is 38.5 Å². The topological polar surface area (TPSA) is 129 Å². The lowest BCUT2D eigenvalue weighted by atomic mass is 9.79. The first kappa shape index (κ1) is 43.8. The fourth-order valence-electron chi connectivity index (χ4n) is 12.0. The third kappa shape index (κ3) is 6.66. The van der Waals surface area contributed by atoms with Crippen LogP contribution in [0.1, 0.15) is 49.9 Å². The Morgan fingerprint density at radius 3 is 0.868 bits per heavy atom. The molecule has 6 aromatic heterocycles. The molecule has 13 aromatic rings. The summed E-state index contributed by atoms with van der Waals surface area (Å²) in [7, 11) is 0. The van der Waals surface area contributed by atoms with Crippen LogP contribution in [0.15, 0.2) is 195 Å². The standard InChI is InChI=1S/C66H44N10/c1-65(2)55-29-41(59-71-61(45-13-5-9-37-21-25-67-33-51(37)45)75-62(72-59)46-14-6-10-38-22-26-68-34-52(38)46)17-19-43(55)49-32-58-50(31-57(49)65)44-20-18-42(30-56(44)66(58,3)4)60-73-63(47-15-7-11-39-23-27-69-35-53(39)47)76-64(74-60)48-16-8-12-40-24-28-70-36-54(40)48/h5-36H,1-4H3. The lowest BCUT2D eigenvalue weighted by molar-refractivity contribution is 0.652. The number of rotatable bonds is 6. The molecule has 0 atom stereocenters. The van der Waals surface area contributed by atoms with Crippen LogP contribution in [0.3, 0.4) is 0 Å². The maximum absolute atomic E-state index is 5.26. The Morgan fingerprint density at radius 1 is 0.263 bits per heavy atom. The van der Waals surface area contributed by atoms with Crippen LogP contribution >= 0.6 is 0 Å². The molecule has 10 heteroatoms. The normalized spacial score (nSPS) is 13.7. The highest BCUT2D eigenvalue weighted by molar-refractivity contribution is 5.99. The summed E-state index contributed by atoms with van der Waals surface area (Å²) in [4.78, 5) is 49.3. The molecular formula is C66H44N10. The van der Waals surface area contributed by atoms with Crippen LogP contribution in [0, 0.1) is 0 Å². The third-order valence-corrected chi connectivity index (χ3v) is 16.0. The second-order valence-electron chi connectivity index (χ2n) is 20.9. The molecule has 0 unspecified atom stereocenters. The average Bonchev–Trinajstić information content (AvgIpc) is 3.85. The second kappa shape index (κ2) is 16.4. The summed E-state index contributed by atoms with van der Waals surface area (Å²) in [6, 6.07) is 51.2. The van der Waals surface area contributed by atoms with E-state index in [1.54, 1.807) is 0 Å². The van der Waals surface area contributed by atoms with Crippen molar-refractivity contribution in [3.63, 3.8) is 0 Å². The summed E-state index contributed by atoms with van der Waals surface area (Å²) in [6.45, 7) is 9.34. The largest absolute Gasteiger partial charge is 0.264 e. The van der Waals surface area contributed by atoms with E-state index >= 15 is 0 Å². The van der Waals surface area contributed by atoms with Gasteiger partial charge < -0.3 is 0 Å². The minimum Gasteiger partial charge on any atom is -0.264 e. The second-order valence-corrected chi connectivity index (χ2v) is 20.9. The predicted octanol–water partition coefficient (Wildman–Crippen LogP) is 14.9. The molecule has 358 valence electrons. The van der Waals surface area contributed by atoms with Crippen LogP contribution in [-0.4, -0.2) is 49.8 Å². The Kier molecular flexibility index (Phi) is 9.41. The van der Waals surface area contributed by atoms with Crippen LogP contribution in [0.2, 0.25) is 0 Å². The molecule has 15 rings (SSSR count). The zero-order chi connectivity index (χ0) is 50.9. The van der Waals surface area contributed by atoms with Crippen molar-refractivity contribution in [1.29, 1.82) is 0 Å². The van der Waals surface area contributed by atoms with Gasteiger partial charge in [0.1, 0.15) is 0 Å². The van der Waals surface area contributed by atoms with Gasteiger partial charge in [-0.3, -0.25) is 19.9 Å². The van der Waals surface area contributed by atoms with Crippen molar-refractivity contribution in [2.24, 2.45) is 0 Å². The number of nitrogens with zero attached hydrogens (tertiary/aromatic N) is 10. The summed E-state index contributed by atoms with van der Waals surface area (Å²) in [6.07, 6.45) is 14.8. The quantitative estimate of drug-likeness (QED) is 0.159. The zero-order valence-corrected chi connectivity index (χ0v) is 41.9. The SMILES string of the molecule is CC1(C)c2cc(-c3nc(-c4cccc5ccncc45)nc(-c4cccc5ccncc45)n3)ccc2-c2cc3c(cc21)-c1ccc(-c2nc(-c4cccc5ccncc45)nc(-c4cccc5ccncc45)n2)cc1C3(C)C. The molecule has 0 radical (unpaired) electrons. The highest BCUT2D eigenvalue weighted by atomic mass is 15.0. The minimum atomic E-state index is -0.338. The molecule has 7 aromatic carbocycles. The zero-order valence-electron chi connectivity index (χ0n) is 41.9. The van der Waals surface area contributed by atoms with Gasteiger partial charge in [-0.1, -0.05) is 125 Å². The maximum atomic E-state index is 5.26. The number of fused-ring (bicyclic) bond motifs is 10. The molecule has 0 saturated heterocycles. The minimum absolute atomic E-state index is 0.338. The van der Waals surface area contributed by atoms with E-state index in [0.717, 1.165) is 76.5 Å². The van der Waals surface area contributed by atoms with Gasteiger partial charge in [0.05, 0.1) is 0 Å². The summed E-state index contributed by atoms with van der Waals surface area (Å²) < 4.78 is 0. The smallest absolute Gasteiger partial charge is 0.164 e. The first-order chi connectivity index (χ1) is 37.2. The summed E-state index contributed by atoms with van der Waals surface area (Å²) in [5, 5.41) is 8.18. The van der Waals surface area contributed by atoms with E-state index in [-0.39, 0.29) is 10.8 Å². The summed E-state index contributed by atoms with van der Waals surface area (Å²) in [5.74, 6) is 3.55. The van der Waals surface area contributed by atoms with Gasteiger partial charge in [-0.2, -0.15) is 0 Å². The number of benzene rings is 7. The van der Waals surface area contributed by atoms with E-state index in [4.69, 9.17) is 29.9 Å². The molecule has 0 spiro atoms. The van der Waals surface area contributed by atoms with Crippen molar-refractivity contribution < 1.29 is 0 Å².